The Morgan fingerprint density at radius 2 is 2.09 bits per heavy atom. The number of nitrogens with zero attached hydrogens (tertiary/aromatic N) is 3. The van der Waals surface area contributed by atoms with Crippen LogP contribution >= 0.6 is 11.8 Å². The molecular formula is C18H20F3N5O5S2. The lowest BCUT2D eigenvalue weighted by molar-refractivity contribution is -0.121. The maximum atomic E-state index is 13.5. The number of nitrogens with two attached hydrogens (primary N) is 1. The smallest absolute Gasteiger partial charge is 0.266 e. The van der Waals surface area contributed by atoms with E-state index in [0.717, 1.165) is 23.9 Å². The summed E-state index contributed by atoms with van der Waals surface area (Å²) in [6.07, 6.45) is -3.26. The number of hydrogen-bond donors (Lipinski definition) is 3. The lowest BCUT2D eigenvalue weighted by atomic mass is 10.0. The van der Waals surface area contributed by atoms with Crippen LogP contribution in [0.1, 0.15) is 29.7 Å². The van der Waals surface area contributed by atoms with Crippen LogP contribution < -0.4 is 11.1 Å². The van der Waals surface area contributed by atoms with Crippen molar-refractivity contribution in [2.45, 2.75) is 29.8 Å². The highest BCUT2D eigenvalue weighted by atomic mass is 32.2. The van der Waals surface area contributed by atoms with Crippen LogP contribution in [0.3, 0.4) is 0 Å². The molecule has 0 atom stereocenters. The number of alkyl halides is 2. The van der Waals surface area contributed by atoms with Crippen LogP contribution in [0.15, 0.2) is 33.0 Å². The van der Waals surface area contributed by atoms with Gasteiger partial charge in [-0.15, -0.1) is 0 Å². The van der Waals surface area contributed by atoms with Gasteiger partial charge in [0.05, 0.1) is 22.6 Å². The predicted octanol–water partition coefficient (Wildman–Crippen LogP) is 1.29. The molecule has 1 aromatic carbocycles. The fraction of sp³-hybridized carbons (Fsp3) is 0.444. The molecule has 1 aliphatic rings. The molecule has 0 radical (unpaired) electrons. The molecule has 1 fully saturated rings. The molecule has 0 saturated carbocycles. The number of carbonyl (C=O) groups excluding carboxylic acids is 1. The Balaban J connectivity index is 1.53. The zero-order chi connectivity index (χ0) is 24.2. The number of carbonyl (C=O) groups is 1. The number of oxime groups is 1. The van der Waals surface area contributed by atoms with Gasteiger partial charge in [0.25, 0.3) is 6.43 Å². The molecule has 0 bridgehead atoms. The molecule has 33 heavy (non-hydrogen) atoms. The summed E-state index contributed by atoms with van der Waals surface area (Å²) in [7, 11) is -3.16. The maximum absolute atomic E-state index is 13.5. The molecule has 0 aliphatic carbocycles. The second-order valence-electron chi connectivity index (χ2n) is 7.57. The Kier molecular flexibility index (Phi) is 7.64. The van der Waals surface area contributed by atoms with Gasteiger partial charge < -0.3 is 16.3 Å². The quantitative estimate of drug-likeness (QED) is 0.141. The second kappa shape index (κ2) is 10.1. The number of benzene rings is 1. The third-order valence-electron chi connectivity index (χ3n) is 4.71. The molecule has 10 nitrogen and oxygen atoms in total. The van der Waals surface area contributed by atoms with E-state index in [1.54, 1.807) is 0 Å². The minimum atomic E-state index is -3.16. The van der Waals surface area contributed by atoms with E-state index in [4.69, 9.17) is 5.73 Å². The van der Waals surface area contributed by atoms with Crippen molar-refractivity contribution in [2.75, 3.05) is 23.8 Å². The standard InChI is InChI=1S/C18H20F3N5O5S2/c19-12-2-1-10(5-11(12)16(20)21)6-13(24-28)15-17(26-31-25-15)32-4-3-23-14(27)7-18(22)8-33(29,30)9-18/h1-2,5,16,28H,3-4,6-9,22H2,(H,23,27). The highest BCUT2D eigenvalue weighted by Crippen LogP contribution is 2.26. The lowest BCUT2D eigenvalue weighted by Crippen LogP contribution is -2.63. The summed E-state index contributed by atoms with van der Waals surface area (Å²) in [6.45, 7) is 0.194. The van der Waals surface area contributed by atoms with Crippen LogP contribution in [-0.4, -0.2) is 64.9 Å². The predicted molar refractivity (Wildman–Crippen MR) is 112 cm³/mol. The van der Waals surface area contributed by atoms with Crippen LogP contribution in [0.25, 0.3) is 0 Å². The Labute approximate surface area is 190 Å². The van der Waals surface area contributed by atoms with Crippen molar-refractivity contribution in [2.24, 2.45) is 10.9 Å². The summed E-state index contributed by atoms with van der Waals surface area (Å²) in [5.74, 6) is -1.58. The van der Waals surface area contributed by atoms with E-state index >= 15 is 0 Å². The average molecular weight is 508 g/mol. The van der Waals surface area contributed by atoms with E-state index in [2.05, 4.69) is 25.4 Å². The number of halogens is 3. The van der Waals surface area contributed by atoms with Crippen LogP contribution in [0.4, 0.5) is 13.2 Å². The normalized spacial score (nSPS) is 17.1. The van der Waals surface area contributed by atoms with E-state index in [-0.39, 0.29) is 52.9 Å². The van der Waals surface area contributed by atoms with Crippen LogP contribution in [-0.2, 0) is 21.1 Å². The van der Waals surface area contributed by atoms with Crippen molar-refractivity contribution >= 4 is 33.2 Å². The fourth-order valence-electron chi connectivity index (χ4n) is 3.34. The molecule has 3 rings (SSSR count). The minimum Gasteiger partial charge on any atom is -0.411 e. The van der Waals surface area contributed by atoms with Gasteiger partial charge in [0.15, 0.2) is 20.6 Å². The molecule has 2 aromatic rings. The Bertz CT molecular complexity index is 1140. The second-order valence-corrected chi connectivity index (χ2v) is 10.7. The summed E-state index contributed by atoms with van der Waals surface area (Å²) in [5, 5.41) is 22.7. The first-order valence-electron chi connectivity index (χ1n) is 9.51. The third-order valence-corrected chi connectivity index (χ3v) is 7.69. The van der Waals surface area contributed by atoms with Crippen LogP contribution in [0.2, 0.25) is 0 Å². The van der Waals surface area contributed by atoms with E-state index in [1.807, 2.05) is 0 Å². The Morgan fingerprint density at radius 3 is 2.73 bits per heavy atom. The summed E-state index contributed by atoms with van der Waals surface area (Å²) >= 11 is 1.12. The van der Waals surface area contributed by atoms with Gasteiger partial charge in [-0.2, -0.15) is 0 Å². The Morgan fingerprint density at radius 1 is 1.36 bits per heavy atom. The number of thioether (sulfide) groups is 1. The third kappa shape index (κ3) is 6.45. The average Bonchev–Trinajstić information content (AvgIpc) is 3.16. The van der Waals surface area contributed by atoms with Gasteiger partial charge in [-0.1, -0.05) is 23.0 Å². The van der Waals surface area contributed by atoms with E-state index in [9.17, 15) is 31.6 Å². The van der Waals surface area contributed by atoms with Crippen molar-refractivity contribution < 1.29 is 36.2 Å². The molecule has 0 spiro atoms. The van der Waals surface area contributed by atoms with Crippen molar-refractivity contribution in [3.8, 4) is 0 Å². The molecule has 1 saturated heterocycles. The summed E-state index contributed by atoms with van der Waals surface area (Å²) < 4.78 is 66.5. The number of aromatic nitrogens is 2. The van der Waals surface area contributed by atoms with Crippen molar-refractivity contribution in [3.63, 3.8) is 0 Å². The van der Waals surface area contributed by atoms with Crippen molar-refractivity contribution in [3.05, 3.63) is 40.8 Å². The zero-order valence-electron chi connectivity index (χ0n) is 17.0. The van der Waals surface area contributed by atoms with E-state index in [1.165, 1.54) is 6.07 Å². The monoisotopic (exact) mass is 507 g/mol. The van der Waals surface area contributed by atoms with E-state index in [0.29, 0.717) is 5.75 Å². The first-order valence-corrected chi connectivity index (χ1v) is 12.3. The van der Waals surface area contributed by atoms with E-state index < -0.39 is 39.1 Å². The van der Waals surface area contributed by atoms with Crippen LogP contribution in [0.5, 0.6) is 0 Å². The molecule has 15 heteroatoms. The highest BCUT2D eigenvalue weighted by molar-refractivity contribution is 7.99. The number of amides is 1. The molecule has 4 N–H and O–H groups in total. The highest BCUT2D eigenvalue weighted by Gasteiger charge is 2.46. The van der Waals surface area contributed by atoms with Gasteiger partial charge in [-0.3, -0.25) is 4.79 Å². The number of sulfone groups is 1. The number of hydrogen-bond acceptors (Lipinski definition) is 10. The summed E-state index contributed by atoms with van der Waals surface area (Å²) in [6, 6.07) is 3.15. The minimum absolute atomic E-state index is 0.0362. The molecule has 1 aliphatic heterocycles. The van der Waals surface area contributed by atoms with Crippen molar-refractivity contribution in [1.82, 2.24) is 15.6 Å². The van der Waals surface area contributed by atoms with Gasteiger partial charge in [0, 0.05) is 25.1 Å². The molecule has 0 unspecified atom stereocenters. The SMILES string of the molecule is NC1(CC(=O)NCCSc2nonc2C(Cc2ccc(F)c(C(F)F)c2)=NO)CS(=O)(=O)C1. The van der Waals surface area contributed by atoms with Crippen molar-refractivity contribution in [1.29, 1.82) is 0 Å². The fourth-order valence-corrected chi connectivity index (χ4v) is 5.98. The van der Waals surface area contributed by atoms with Crippen LogP contribution in [0, 0.1) is 5.82 Å². The lowest BCUT2D eigenvalue weighted by Gasteiger charge is -2.36. The largest absolute Gasteiger partial charge is 0.411 e. The molecule has 180 valence electrons. The summed E-state index contributed by atoms with van der Waals surface area (Å²) in [5.41, 5.74) is 4.33. The molecule has 1 amide bonds. The van der Waals surface area contributed by atoms with Gasteiger partial charge in [-0.05, 0) is 28.0 Å². The van der Waals surface area contributed by atoms with Gasteiger partial charge >= 0.3 is 0 Å². The van der Waals surface area contributed by atoms with Gasteiger partial charge in [0.1, 0.15) is 11.5 Å². The molecular weight excluding hydrogens is 487 g/mol. The number of nitrogens with one attached hydrogen (secondary N) is 1. The van der Waals surface area contributed by atoms with Gasteiger partial charge in [-0.25, -0.2) is 26.2 Å². The van der Waals surface area contributed by atoms with Gasteiger partial charge in [0.2, 0.25) is 5.91 Å². The molecule has 2 heterocycles. The first kappa shape index (κ1) is 25.0. The number of rotatable bonds is 10. The Hall–Kier alpha value is -2.65. The maximum Gasteiger partial charge on any atom is 0.266 e. The topological polar surface area (TPSA) is 161 Å². The first-order chi connectivity index (χ1) is 15.5. The zero-order valence-corrected chi connectivity index (χ0v) is 18.6. The summed E-state index contributed by atoms with van der Waals surface area (Å²) in [4.78, 5) is 12.0. The molecule has 1 aromatic heterocycles.